The van der Waals surface area contributed by atoms with Crippen molar-refractivity contribution in [2.75, 3.05) is 13.1 Å². The van der Waals surface area contributed by atoms with Gasteiger partial charge in [0.25, 0.3) is 0 Å². The van der Waals surface area contributed by atoms with Gasteiger partial charge in [0, 0.05) is 19.5 Å². The average molecular weight is 263 g/mol. The summed E-state index contributed by atoms with van der Waals surface area (Å²) in [6, 6.07) is 6.72. The van der Waals surface area contributed by atoms with Gasteiger partial charge in [0.05, 0.1) is 0 Å². The van der Waals surface area contributed by atoms with Crippen LogP contribution in [-0.2, 0) is 11.2 Å². The van der Waals surface area contributed by atoms with Crippen molar-refractivity contribution in [3.05, 3.63) is 35.6 Å². The van der Waals surface area contributed by atoms with Gasteiger partial charge in [-0.1, -0.05) is 19.1 Å². The number of halogens is 1. The third-order valence-electron chi connectivity index (χ3n) is 3.77. The molecule has 1 saturated heterocycles. The summed E-state index contributed by atoms with van der Waals surface area (Å²) in [5.41, 5.74) is 1.16. The Bertz CT molecular complexity index is 415. The van der Waals surface area contributed by atoms with E-state index in [0.29, 0.717) is 12.3 Å². The molecule has 1 heterocycles. The fourth-order valence-electron chi connectivity index (χ4n) is 2.78. The Morgan fingerprint density at radius 2 is 2.11 bits per heavy atom. The van der Waals surface area contributed by atoms with E-state index in [1.807, 2.05) is 24.0 Å². The molecule has 1 aromatic carbocycles. The number of rotatable bonds is 4. The van der Waals surface area contributed by atoms with Crippen LogP contribution in [0.3, 0.4) is 0 Å². The fraction of sp³-hybridized carbons (Fsp3) is 0.562. The number of likely N-dealkylation sites (tertiary alicyclic amines) is 1. The summed E-state index contributed by atoms with van der Waals surface area (Å²) in [5, 5.41) is 0. The highest BCUT2D eigenvalue weighted by molar-refractivity contribution is 5.76. The molecule has 1 atom stereocenters. The highest BCUT2D eigenvalue weighted by Crippen LogP contribution is 2.21. The Kier molecular flexibility index (Phi) is 4.94. The number of hydrogen-bond donors (Lipinski definition) is 0. The number of carbonyl (C=O) groups is 1. The van der Waals surface area contributed by atoms with Crippen LogP contribution in [0.4, 0.5) is 4.39 Å². The molecule has 1 aliphatic rings. The predicted molar refractivity (Wildman–Crippen MR) is 74.3 cm³/mol. The van der Waals surface area contributed by atoms with Crippen molar-refractivity contribution >= 4 is 5.91 Å². The quantitative estimate of drug-likeness (QED) is 0.815. The normalized spacial score (nSPS) is 19.5. The summed E-state index contributed by atoms with van der Waals surface area (Å²) in [6.07, 6.45) is 4.76. The van der Waals surface area contributed by atoms with Gasteiger partial charge in [-0.25, -0.2) is 4.39 Å². The largest absolute Gasteiger partial charge is 0.342 e. The smallest absolute Gasteiger partial charge is 0.222 e. The Hall–Kier alpha value is -1.38. The van der Waals surface area contributed by atoms with Crippen LogP contribution in [0.15, 0.2) is 24.3 Å². The van der Waals surface area contributed by atoms with Crippen molar-refractivity contribution in [2.45, 2.75) is 39.0 Å². The van der Waals surface area contributed by atoms with Crippen LogP contribution in [0.1, 0.15) is 38.2 Å². The maximum atomic E-state index is 12.9. The summed E-state index contributed by atoms with van der Waals surface area (Å²) < 4.78 is 12.9. The molecular weight excluding hydrogens is 241 g/mol. The van der Waals surface area contributed by atoms with Crippen LogP contribution in [0.25, 0.3) is 0 Å². The molecule has 0 saturated carbocycles. The number of piperidine rings is 1. The first-order valence-corrected chi connectivity index (χ1v) is 7.21. The van der Waals surface area contributed by atoms with Gasteiger partial charge in [-0.05, 0) is 49.3 Å². The zero-order chi connectivity index (χ0) is 13.7. The van der Waals surface area contributed by atoms with E-state index in [9.17, 15) is 9.18 Å². The van der Waals surface area contributed by atoms with Crippen molar-refractivity contribution in [3.8, 4) is 0 Å². The lowest BCUT2D eigenvalue weighted by Crippen LogP contribution is -2.40. The second-order valence-corrected chi connectivity index (χ2v) is 5.43. The van der Waals surface area contributed by atoms with Gasteiger partial charge in [-0.2, -0.15) is 0 Å². The molecule has 1 fully saturated rings. The van der Waals surface area contributed by atoms with Crippen LogP contribution in [0, 0.1) is 11.7 Å². The van der Waals surface area contributed by atoms with Gasteiger partial charge in [0.15, 0.2) is 0 Å². The lowest BCUT2D eigenvalue weighted by Gasteiger charge is -2.33. The van der Waals surface area contributed by atoms with E-state index in [0.717, 1.165) is 44.3 Å². The standard InChI is InChI=1S/C16H22FNO/c1-2-4-16(19)18-10-3-5-14(12-18)11-13-6-8-15(17)9-7-13/h6-9,14H,2-5,10-12H2,1H3/t14-/m0/s1. The third kappa shape index (κ3) is 4.05. The molecule has 1 aromatic rings. The monoisotopic (exact) mass is 263 g/mol. The van der Waals surface area contributed by atoms with Gasteiger partial charge in [-0.15, -0.1) is 0 Å². The third-order valence-corrected chi connectivity index (χ3v) is 3.77. The SMILES string of the molecule is CCCC(=O)N1CCC[C@@H](Cc2ccc(F)cc2)C1. The highest BCUT2D eigenvalue weighted by Gasteiger charge is 2.23. The zero-order valence-electron chi connectivity index (χ0n) is 11.6. The number of hydrogen-bond acceptors (Lipinski definition) is 1. The number of nitrogens with zero attached hydrogens (tertiary/aromatic N) is 1. The first kappa shape index (κ1) is 14.0. The molecule has 104 valence electrons. The summed E-state index contributed by atoms with van der Waals surface area (Å²) in [4.78, 5) is 13.9. The Morgan fingerprint density at radius 1 is 1.37 bits per heavy atom. The van der Waals surface area contributed by atoms with Crippen LogP contribution in [-0.4, -0.2) is 23.9 Å². The first-order valence-electron chi connectivity index (χ1n) is 7.21. The second kappa shape index (κ2) is 6.69. The molecule has 2 nitrogen and oxygen atoms in total. The van der Waals surface area contributed by atoms with Gasteiger partial charge < -0.3 is 4.90 Å². The Morgan fingerprint density at radius 3 is 2.79 bits per heavy atom. The van der Waals surface area contributed by atoms with Gasteiger partial charge in [-0.3, -0.25) is 4.79 Å². The van der Waals surface area contributed by atoms with Crippen molar-refractivity contribution in [1.29, 1.82) is 0 Å². The molecule has 0 spiro atoms. The molecule has 0 N–H and O–H groups in total. The van der Waals surface area contributed by atoms with Crippen molar-refractivity contribution < 1.29 is 9.18 Å². The van der Waals surface area contributed by atoms with E-state index in [1.165, 1.54) is 12.1 Å². The average Bonchev–Trinajstić information content (AvgIpc) is 2.42. The van der Waals surface area contributed by atoms with Crippen LogP contribution in [0.2, 0.25) is 0 Å². The minimum absolute atomic E-state index is 0.188. The first-order chi connectivity index (χ1) is 9.19. The molecule has 0 aromatic heterocycles. The fourth-order valence-corrected chi connectivity index (χ4v) is 2.78. The minimum Gasteiger partial charge on any atom is -0.342 e. The van der Waals surface area contributed by atoms with E-state index in [4.69, 9.17) is 0 Å². The maximum absolute atomic E-state index is 12.9. The maximum Gasteiger partial charge on any atom is 0.222 e. The van der Waals surface area contributed by atoms with Crippen LogP contribution < -0.4 is 0 Å². The molecular formula is C16H22FNO. The van der Waals surface area contributed by atoms with Crippen molar-refractivity contribution in [2.24, 2.45) is 5.92 Å². The molecule has 1 aliphatic heterocycles. The minimum atomic E-state index is -0.188. The molecule has 2 rings (SSSR count). The van der Waals surface area contributed by atoms with E-state index >= 15 is 0 Å². The molecule has 0 bridgehead atoms. The van der Waals surface area contributed by atoms with Crippen LogP contribution >= 0.6 is 0 Å². The predicted octanol–water partition coefficient (Wildman–Crippen LogP) is 3.41. The van der Waals surface area contributed by atoms with Gasteiger partial charge in [0.1, 0.15) is 5.82 Å². The summed E-state index contributed by atoms with van der Waals surface area (Å²) >= 11 is 0. The highest BCUT2D eigenvalue weighted by atomic mass is 19.1. The van der Waals surface area contributed by atoms with E-state index in [1.54, 1.807) is 0 Å². The number of carbonyl (C=O) groups excluding carboxylic acids is 1. The van der Waals surface area contributed by atoms with Crippen molar-refractivity contribution in [1.82, 2.24) is 4.90 Å². The lowest BCUT2D eigenvalue weighted by atomic mass is 9.91. The number of amides is 1. The molecule has 19 heavy (non-hydrogen) atoms. The summed E-state index contributed by atoms with van der Waals surface area (Å²) in [6.45, 7) is 3.80. The zero-order valence-corrected chi connectivity index (χ0v) is 11.6. The number of benzene rings is 1. The molecule has 3 heteroatoms. The van der Waals surface area contributed by atoms with Crippen molar-refractivity contribution in [3.63, 3.8) is 0 Å². The molecule has 1 amide bonds. The molecule has 0 aliphatic carbocycles. The van der Waals surface area contributed by atoms with Gasteiger partial charge in [0.2, 0.25) is 5.91 Å². The Labute approximate surface area is 114 Å². The van der Waals surface area contributed by atoms with E-state index in [2.05, 4.69) is 0 Å². The Balaban J connectivity index is 1.90. The molecule has 0 unspecified atom stereocenters. The second-order valence-electron chi connectivity index (χ2n) is 5.43. The van der Waals surface area contributed by atoms with E-state index < -0.39 is 0 Å². The van der Waals surface area contributed by atoms with Crippen LogP contribution in [0.5, 0.6) is 0 Å². The molecule has 0 radical (unpaired) electrons. The van der Waals surface area contributed by atoms with Gasteiger partial charge >= 0.3 is 0 Å². The summed E-state index contributed by atoms with van der Waals surface area (Å²) in [5.74, 6) is 0.610. The van der Waals surface area contributed by atoms with E-state index in [-0.39, 0.29) is 11.7 Å². The summed E-state index contributed by atoms with van der Waals surface area (Å²) in [7, 11) is 0. The lowest BCUT2D eigenvalue weighted by molar-refractivity contribution is -0.133. The topological polar surface area (TPSA) is 20.3 Å².